The van der Waals surface area contributed by atoms with Gasteiger partial charge in [0.25, 0.3) is 0 Å². The number of furan rings is 1. The van der Waals surface area contributed by atoms with Crippen LogP contribution in [0.2, 0.25) is 5.02 Å². The van der Waals surface area contributed by atoms with Gasteiger partial charge in [0.1, 0.15) is 5.52 Å². The first-order valence-corrected chi connectivity index (χ1v) is 10.1. The van der Waals surface area contributed by atoms with Gasteiger partial charge in [0, 0.05) is 44.0 Å². The van der Waals surface area contributed by atoms with Crippen molar-refractivity contribution in [3.05, 3.63) is 35.6 Å². The number of fused-ring (bicyclic) bond motifs is 1. The maximum absolute atomic E-state index is 6.59. The smallest absolute Gasteiger partial charge is 0.229 e. The molecule has 146 valence electrons. The van der Waals surface area contributed by atoms with Gasteiger partial charge in [-0.1, -0.05) is 11.6 Å². The largest absolute Gasteiger partial charge is 0.459 e. The highest BCUT2D eigenvalue weighted by Crippen LogP contribution is 2.32. The third-order valence-corrected chi connectivity index (χ3v) is 5.57. The number of halogens is 1. The normalized spacial score (nSPS) is 17.9. The second kappa shape index (κ2) is 7.14. The lowest BCUT2D eigenvalue weighted by Crippen LogP contribution is -2.44. The van der Waals surface area contributed by atoms with Crippen LogP contribution >= 0.6 is 11.6 Å². The summed E-state index contributed by atoms with van der Waals surface area (Å²) in [6, 6.07) is 8.36. The van der Waals surface area contributed by atoms with Gasteiger partial charge in [-0.05, 0) is 38.1 Å². The average Bonchev–Trinajstić information content (AvgIpc) is 3.36. The Kier molecular flexibility index (Phi) is 4.49. The van der Waals surface area contributed by atoms with Crippen molar-refractivity contribution in [1.29, 1.82) is 0 Å². The summed E-state index contributed by atoms with van der Waals surface area (Å²) in [5.41, 5.74) is 3.41. The molecule has 0 unspecified atom stereocenters. The predicted molar refractivity (Wildman–Crippen MR) is 113 cm³/mol. The van der Waals surface area contributed by atoms with Crippen LogP contribution in [0.5, 0.6) is 0 Å². The quantitative estimate of drug-likeness (QED) is 0.674. The Labute approximate surface area is 168 Å². The molecular formula is C20H23ClN6O. The van der Waals surface area contributed by atoms with E-state index in [1.807, 2.05) is 18.2 Å². The van der Waals surface area contributed by atoms with Gasteiger partial charge in [0.15, 0.2) is 11.4 Å². The Hall–Kier alpha value is -2.51. The molecule has 2 fully saturated rings. The van der Waals surface area contributed by atoms with E-state index in [1.165, 1.54) is 12.8 Å². The molecule has 0 spiro atoms. The molecule has 1 aliphatic carbocycles. The average molecular weight is 399 g/mol. The van der Waals surface area contributed by atoms with Crippen LogP contribution in [-0.4, -0.2) is 54.1 Å². The first-order chi connectivity index (χ1) is 13.7. The number of benzene rings is 1. The number of nitrogens with one attached hydrogen (secondary N) is 2. The third kappa shape index (κ3) is 3.59. The van der Waals surface area contributed by atoms with E-state index in [-0.39, 0.29) is 0 Å². The zero-order valence-corrected chi connectivity index (χ0v) is 16.5. The van der Waals surface area contributed by atoms with E-state index in [0.29, 0.717) is 17.6 Å². The topological polar surface area (TPSA) is 69.5 Å². The van der Waals surface area contributed by atoms with Crippen LogP contribution in [0.4, 0.5) is 23.1 Å². The fourth-order valence-corrected chi connectivity index (χ4v) is 3.76. The van der Waals surface area contributed by atoms with Gasteiger partial charge in [0.2, 0.25) is 5.95 Å². The third-order valence-electron chi connectivity index (χ3n) is 5.27. The van der Waals surface area contributed by atoms with E-state index >= 15 is 0 Å². The molecule has 1 aromatic carbocycles. The van der Waals surface area contributed by atoms with Crippen LogP contribution in [0.3, 0.4) is 0 Å². The number of hydrogen-bond donors (Lipinski definition) is 2. The summed E-state index contributed by atoms with van der Waals surface area (Å²) in [5, 5.41) is 7.43. The van der Waals surface area contributed by atoms with Crippen molar-refractivity contribution in [2.75, 3.05) is 48.8 Å². The molecule has 5 rings (SSSR count). The highest BCUT2D eigenvalue weighted by atomic mass is 35.5. The van der Waals surface area contributed by atoms with Crippen LogP contribution in [0.1, 0.15) is 12.8 Å². The molecule has 3 heterocycles. The maximum Gasteiger partial charge on any atom is 0.229 e. The highest BCUT2D eigenvalue weighted by Gasteiger charge is 2.24. The Morgan fingerprint density at radius 2 is 1.93 bits per heavy atom. The monoisotopic (exact) mass is 398 g/mol. The lowest BCUT2D eigenvalue weighted by atomic mass is 10.2. The van der Waals surface area contributed by atoms with Crippen molar-refractivity contribution >= 4 is 45.8 Å². The van der Waals surface area contributed by atoms with E-state index in [2.05, 4.69) is 43.5 Å². The molecule has 1 saturated carbocycles. The van der Waals surface area contributed by atoms with Crippen LogP contribution in [0.15, 0.2) is 34.9 Å². The van der Waals surface area contributed by atoms with Gasteiger partial charge in [-0.15, -0.1) is 0 Å². The molecule has 0 bridgehead atoms. The standard InChI is InChI=1S/C20H23ClN6O/c1-26-7-9-27(10-8-26)17-5-4-14(12-15(17)21)23-20-24-16-6-11-28-18(16)19(25-20)22-13-2-3-13/h4-6,11-13H,2-3,7-10H2,1H3,(H2,22,23,24,25). The number of piperazine rings is 1. The second-order valence-electron chi connectivity index (χ2n) is 7.53. The molecule has 2 aromatic heterocycles. The lowest BCUT2D eigenvalue weighted by molar-refractivity contribution is 0.313. The fraction of sp³-hybridized carbons (Fsp3) is 0.400. The molecule has 2 N–H and O–H groups in total. The number of hydrogen-bond acceptors (Lipinski definition) is 7. The first-order valence-electron chi connectivity index (χ1n) is 9.67. The number of likely N-dealkylation sites (N-methyl/N-ethyl adjacent to an activating group) is 1. The minimum Gasteiger partial charge on any atom is -0.459 e. The van der Waals surface area contributed by atoms with Crippen molar-refractivity contribution in [3.8, 4) is 0 Å². The summed E-state index contributed by atoms with van der Waals surface area (Å²) < 4.78 is 5.55. The number of rotatable bonds is 5. The minimum absolute atomic E-state index is 0.480. The van der Waals surface area contributed by atoms with Crippen LogP contribution in [-0.2, 0) is 0 Å². The van der Waals surface area contributed by atoms with E-state index < -0.39 is 0 Å². The molecule has 0 atom stereocenters. The Bertz CT molecular complexity index is 994. The second-order valence-corrected chi connectivity index (χ2v) is 7.94. The van der Waals surface area contributed by atoms with Crippen molar-refractivity contribution in [3.63, 3.8) is 0 Å². The summed E-state index contributed by atoms with van der Waals surface area (Å²) in [6.45, 7) is 4.07. The van der Waals surface area contributed by atoms with Gasteiger partial charge in [-0.3, -0.25) is 0 Å². The number of anilines is 4. The summed E-state index contributed by atoms with van der Waals surface area (Å²) in [7, 11) is 2.15. The van der Waals surface area contributed by atoms with Gasteiger partial charge in [-0.25, -0.2) is 4.98 Å². The summed E-state index contributed by atoms with van der Waals surface area (Å²) in [5.74, 6) is 1.26. The van der Waals surface area contributed by atoms with Crippen molar-refractivity contribution in [2.24, 2.45) is 0 Å². The summed E-state index contributed by atoms with van der Waals surface area (Å²) in [4.78, 5) is 13.8. The SMILES string of the molecule is CN1CCN(c2ccc(Nc3nc(NC4CC4)c4occc4n3)cc2Cl)CC1. The van der Waals surface area contributed by atoms with Crippen molar-refractivity contribution < 1.29 is 4.42 Å². The molecule has 8 heteroatoms. The van der Waals surface area contributed by atoms with Crippen molar-refractivity contribution in [2.45, 2.75) is 18.9 Å². The van der Waals surface area contributed by atoms with Gasteiger partial charge >= 0.3 is 0 Å². The maximum atomic E-state index is 6.59. The molecule has 7 nitrogen and oxygen atoms in total. The molecule has 2 aliphatic rings. The Morgan fingerprint density at radius 1 is 1.11 bits per heavy atom. The molecule has 28 heavy (non-hydrogen) atoms. The zero-order chi connectivity index (χ0) is 19.1. The minimum atomic E-state index is 0.480. The van der Waals surface area contributed by atoms with Gasteiger partial charge in [-0.2, -0.15) is 4.98 Å². The van der Waals surface area contributed by atoms with Crippen LogP contribution < -0.4 is 15.5 Å². The highest BCUT2D eigenvalue weighted by molar-refractivity contribution is 6.33. The van der Waals surface area contributed by atoms with Crippen molar-refractivity contribution in [1.82, 2.24) is 14.9 Å². The first kappa shape index (κ1) is 17.6. The molecule has 1 saturated heterocycles. The zero-order valence-electron chi connectivity index (χ0n) is 15.8. The molecular weight excluding hydrogens is 376 g/mol. The fourth-order valence-electron chi connectivity index (χ4n) is 3.46. The molecule has 1 aliphatic heterocycles. The number of aromatic nitrogens is 2. The molecule has 0 radical (unpaired) electrons. The van der Waals surface area contributed by atoms with Crippen LogP contribution in [0.25, 0.3) is 11.1 Å². The Balaban J connectivity index is 1.37. The molecule has 0 amide bonds. The summed E-state index contributed by atoms with van der Waals surface area (Å²) >= 11 is 6.59. The van der Waals surface area contributed by atoms with E-state index in [4.69, 9.17) is 16.0 Å². The van der Waals surface area contributed by atoms with E-state index in [9.17, 15) is 0 Å². The van der Waals surface area contributed by atoms with Gasteiger partial charge < -0.3 is 24.9 Å². The predicted octanol–water partition coefficient (Wildman–Crippen LogP) is 3.95. The molecule has 3 aromatic rings. The van der Waals surface area contributed by atoms with E-state index in [1.54, 1.807) is 6.26 Å². The Morgan fingerprint density at radius 3 is 2.68 bits per heavy atom. The summed E-state index contributed by atoms with van der Waals surface area (Å²) in [6.07, 6.45) is 3.97. The van der Waals surface area contributed by atoms with Crippen LogP contribution in [0, 0.1) is 0 Å². The van der Waals surface area contributed by atoms with E-state index in [0.717, 1.165) is 53.9 Å². The van der Waals surface area contributed by atoms with Gasteiger partial charge in [0.05, 0.1) is 17.0 Å². The lowest BCUT2D eigenvalue weighted by Gasteiger charge is -2.34. The number of nitrogens with zero attached hydrogens (tertiary/aromatic N) is 4.